The summed E-state index contributed by atoms with van der Waals surface area (Å²) in [6.45, 7) is 6.23. The average molecular weight is 288 g/mol. The third-order valence-electron chi connectivity index (χ3n) is 4.82. The second-order valence-corrected chi connectivity index (χ2v) is 6.55. The highest BCUT2D eigenvalue weighted by Crippen LogP contribution is 2.38. The van der Waals surface area contributed by atoms with Crippen molar-refractivity contribution in [2.24, 2.45) is 0 Å². The SMILES string of the molecule is CC[C@@](C)(O)/C=C1/Oc2ccccc2[C@@H]1[NH+]1CCCCC1. The summed E-state index contributed by atoms with van der Waals surface area (Å²) in [6.07, 6.45) is 6.53. The Kier molecular flexibility index (Phi) is 4.05. The molecule has 3 rings (SSSR count). The predicted octanol–water partition coefficient (Wildman–Crippen LogP) is 2.23. The Morgan fingerprint density at radius 2 is 2.00 bits per heavy atom. The van der Waals surface area contributed by atoms with Gasteiger partial charge in [-0.15, -0.1) is 0 Å². The van der Waals surface area contributed by atoms with Crippen LogP contribution in [0, 0.1) is 0 Å². The molecule has 0 bridgehead atoms. The molecule has 0 amide bonds. The van der Waals surface area contributed by atoms with Crippen LogP contribution in [0.15, 0.2) is 36.1 Å². The molecule has 0 aliphatic carbocycles. The minimum absolute atomic E-state index is 0.250. The molecule has 0 aromatic heterocycles. The lowest BCUT2D eigenvalue weighted by molar-refractivity contribution is -0.931. The third kappa shape index (κ3) is 2.99. The molecule has 1 fully saturated rings. The fraction of sp³-hybridized carbons (Fsp3) is 0.556. The van der Waals surface area contributed by atoms with Crippen molar-refractivity contribution in [2.45, 2.75) is 51.2 Å². The van der Waals surface area contributed by atoms with Gasteiger partial charge in [0, 0.05) is 0 Å². The number of rotatable bonds is 3. The Hall–Kier alpha value is -1.32. The van der Waals surface area contributed by atoms with Crippen LogP contribution in [0.25, 0.3) is 0 Å². The van der Waals surface area contributed by atoms with Crippen LogP contribution in [0.5, 0.6) is 5.75 Å². The van der Waals surface area contributed by atoms with Gasteiger partial charge in [0.25, 0.3) is 0 Å². The maximum atomic E-state index is 10.4. The molecule has 0 spiro atoms. The number of benzene rings is 1. The molecule has 1 saturated heterocycles. The van der Waals surface area contributed by atoms with Crippen LogP contribution < -0.4 is 9.64 Å². The highest BCUT2D eigenvalue weighted by atomic mass is 16.5. The molecular weight excluding hydrogens is 262 g/mol. The van der Waals surface area contributed by atoms with Crippen molar-refractivity contribution >= 4 is 0 Å². The van der Waals surface area contributed by atoms with E-state index in [0.717, 1.165) is 11.5 Å². The Bertz CT molecular complexity index is 530. The van der Waals surface area contributed by atoms with E-state index in [-0.39, 0.29) is 6.04 Å². The maximum absolute atomic E-state index is 10.4. The molecule has 1 aromatic carbocycles. The fourth-order valence-corrected chi connectivity index (χ4v) is 3.39. The summed E-state index contributed by atoms with van der Waals surface area (Å²) in [4.78, 5) is 1.57. The monoisotopic (exact) mass is 288 g/mol. The second-order valence-electron chi connectivity index (χ2n) is 6.55. The Balaban J connectivity index is 1.96. The van der Waals surface area contributed by atoms with Crippen molar-refractivity contribution in [3.63, 3.8) is 0 Å². The summed E-state index contributed by atoms with van der Waals surface area (Å²) >= 11 is 0. The molecule has 3 heteroatoms. The molecule has 1 aromatic rings. The van der Waals surface area contributed by atoms with Crippen LogP contribution in [0.4, 0.5) is 0 Å². The minimum atomic E-state index is -0.801. The van der Waals surface area contributed by atoms with Gasteiger partial charge >= 0.3 is 0 Å². The van der Waals surface area contributed by atoms with Crippen molar-refractivity contribution in [2.75, 3.05) is 13.1 Å². The first-order chi connectivity index (χ1) is 10.1. The minimum Gasteiger partial charge on any atom is -0.455 e. The number of nitrogens with one attached hydrogen (secondary N) is 1. The second kappa shape index (κ2) is 5.82. The molecule has 114 valence electrons. The number of ether oxygens (including phenoxy) is 1. The lowest BCUT2D eigenvalue weighted by atomic mass is 9.97. The molecule has 0 unspecified atom stereocenters. The van der Waals surface area contributed by atoms with Crippen LogP contribution in [-0.4, -0.2) is 23.8 Å². The molecular formula is C18H26NO2+. The summed E-state index contributed by atoms with van der Waals surface area (Å²) < 4.78 is 6.09. The molecule has 0 radical (unpaired) electrons. The average Bonchev–Trinajstić information content (AvgIpc) is 2.85. The number of fused-ring (bicyclic) bond motifs is 1. The lowest BCUT2D eigenvalue weighted by Gasteiger charge is -2.30. The summed E-state index contributed by atoms with van der Waals surface area (Å²) in [6, 6.07) is 8.55. The van der Waals surface area contributed by atoms with Gasteiger partial charge in [-0.3, -0.25) is 0 Å². The van der Waals surface area contributed by atoms with Gasteiger partial charge in [0.1, 0.15) is 5.75 Å². The number of piperidine rings is 1. The summed E-state index contributed by atoms with van der Waals surface area (Å²) in [5.74, 6) is 1.89. The molecule has 0 saturated carbocycles. The normalized spacial score (nSPS) is 27.2. The van der Waals surface area contributed by atoms with Gasteiger partial charge in [-0.25, -0.2) is 0 Å². The van der Waals surface area contributed by atoms with Gasteiger partial charge in [-0.1, -0.05) is 19.1 Å². The summed E-state index contributed by atoms with van der Waals surface area (Å²) in [5.41, 5.74) is 0.470. The van der Waals surface area contributed by atoms with Crippen molar-refractivity contribution in [3.8, 4) is 5.75 Å². The van der Waals surface area contributed by atoms with Gasteiger partial charge in [0.2, 0.25) is 0 Å². The fourth-order valence-electron chi connectivity index (χ4n) is 3.39. The van der Waals surface area contributed by atoms with Crippen LogP contribution in [0.3, 0.4) is 0 Å². The van der Waals surface area contributed by atoms with Gasteiger partial charge < -0.3 is 14.7 Å². The zero-order chi connectivity index (χ0) is 14.9. The first-order valence-corrected chi connectivity index (χ1v) is 8.17. The molecule has 2 heterocycles. The van der Waals surface area contributed by atoms with E-state index < -0.39 is 5.60 Å². The summed E-state index contributed by atoms with van der Waals surface area (Å²) in [7, 11) is 0. The number of quaternary nitrogens is 1. The van der Waals surface area contributed by atoms with Crippen LogP contribution >= 0.6 is 0 Å². The molecule has 2 aliphatic rings. The Morgan fingerprint density at radius 3 is 2.71 bits per heavy atom. The molecule has 2 N–H and O–H groups in total. The smallest absolute Gasteiger partial charge is 0.175 e. The molecule has 2 atom stereocenters. The first kappa shape index (κ1) is 14.6. The van der Waals surface area contributed by atoms with E-state index >= 15 is 0 Å². The molecule has 3 nitrogen and oxygen atoms in total. The molecule has 2 aliphatic heterocycles. The van der Waals surface area contributed by atoms with E-state index in [0.29, 0.717) is 6.42 Å². The maximum Gasteiger partial charge on any atom is 0.175 e. The van der Waals surface area contributed by atoms with Gasteiger partial charge in [-0.05, 0) is 50.8 Å². The quantitative estimate of drug-likeness (QED) is 0.894. The number of aliphatic hydroxyl groups is 1. The van der Waals surface area contributed by atoms with E-state index in [1.54, 1.807) is 4.90 Å². The van der Waals surface area contributed by atoms with Crippen LogP contribution in [0.2, 0.25) is 0 Å². The van der Waals surface area contributed by atoms with Crippen LogP contribution in [0.1, 0.15) is 51.1 Å². The number of hydrogen-bond donors (Lipinski definition) is 2. The molecule has 21 heavy (non-hydrogen) atoms. The van der Waals surface area contributed by atoms with E-state index in [1.807, 2.05) is 32.1 Å². The lowest BCUT2D eigenvalue weighted by Crippen LogP contribution is -3.13. The number of para-hydroxylation sites is 1. The Morgan fingerprint density at radius 1 is 1.29 bits per heavy atom. The van der Waals surface area contributed by atoms with Crippen LogP contribution in [-0.2, 0) is 0 Å². The zero-order valence-corrected chi connectivity index (χ0v) is 13.1. The Labute approximate surface area is 127 Å². The number of likely N-dealkylation sites (tertiary alicyclic amines) is 1. The van der Waals surface area contributed by atoms with Gasteiger partial charge in [-0.2, -0.15) is 0 Å². The van der Waals surface area contributed by atoms with E-state index in [2.05, 4.69) is 12.1 Å². The van der Waals surface area contributed by atoms with Crippen molar-refractivity contribution in [1.82, 2.24) is 0 Å². The first-order valence-electron chi connectivity index (χ1n) is 8.17. The standard InChI is InChI=1S/C18H25NO2/c1-3-18(2,20)13-16-17(19-11-7-4-8-12-19)14-9-5-6-10-15(14)21-16/h5-6,9-10,13,17,20H,3-4,7-8,11-12H2,1-2H3/p+1/b16-13+/t17-,18+/m0/s1. The predicted molar refractivity (Wildman–Crippen MR) is 83.4 cm³/mol. The van der Waals surface area contributed by atoms with Gasteiger partial charge in [0.05, 0.1) is 24.3 Å². The zero-order valence-electron chi connectivity index (χ0n) is 13.1. The number of hydrogen-bond acceptors (Lipinski definition) is 2. The van der Waals surface area contributed by atoms with Crippen molar-refractivity contribution < 1.29 is 14.7 Å². The third-order valence-corrected chi connectivity index (χ3v) is 4.82. The van der Waals surface area contributed by atoms with E-state index in [4.69, 9.17) is 4.74 Å². The summed E-state index contributed by atoms with van der Waals surface area (Å²) in [5, 5.41) is 10.4. The van der Waals surface area contributed by atoms with Crippen molar-refractivity contribution in [3.05, 3.63) is 41.7 Å². The van der Waals surface area contributed by atoms with E-state index in [1.165, 1.54) is 37.9 Å². The highest BCUT2D eigenvalue weighted by molar-refractivity contribution is 5.44. The van der Waals surface area contributed by atoms with E-state index in [9.17, 15) is 5.11 Å². The largest absolute Gasteiger partial charge is 0.455 e. The van der Waals surface area contributed by atoms with Gasteiger partial charge in [0.15, 0.2) is 11.8 Å². The topological polar surface area (TPSA) is 33.9 Å². The van der Waals surface area contributed by atoms with Crippen molar-refractivity contribution in [1.29, 1.82) is 0 Å². The highest BCUT2D eigenvalue weighted by Gasteiger charge is 2.39.